The highest BCUT2D eigenvalue weighted by Gasteiger charge is 2.29. The van der Waals surface area contributed by atoms with Crippen molar-refractivity contribution in [3.63, 3.8) is 0 Å². The molecule has 5 nitrogen and oxygen atoms in total. The Balaban J connectivity index is 1.40. The number of Topliss-reactive ketones (excluding diaryl/α,β-unsaturated/α-hetero) is 1. The van der Waals surface area contributed by atoms with Gasteiger partial charge in [0.15, 0.2) is 5.78 Å². The highest BCUT2D eigenvalue weighted by Crippen LogP contribution is 2.44. The first kappa shape index (κ1) is 24.5. The quantitative estimate of drug-likeness (QED) is 0.419. The van der Waals surface area contributed by atoms with Crippen LogP contribution in [-0.2, 0) is 16.0 Å². The van der Waals surface area contributed by atoms with Crippen LogP contribution in [0.3, 0.4) is 0 Å². The zero-order chi connectivity index (χ0) is 25.0. The van der Waals surface area contributed by atoms with Crippen LogP contribution in [0.15, 0.2) is 72.8 Å². The molecule has 182 valence electrons. The van der Waals surface area contributed by atoms with Gasteiger partial charge in [-0.05, 0) is 67.1 Å². The Hall–Kier alpha value is -3.60. The van der Waals surface area contributed by atoms with Crippen molar-refractivity contribution in [3.8, 4) is 16.9 Å². The van der Waals surface area contributed by atoms with Crippen LogP contribution in [0.1, 0.15) is 56.7 Å². The minimum Gasteiger partial charge on any atom is -0.488 e. The highest BCUT2D eigenvalue weighted by atomic mass is 16.5. The average Bonchev–Trinajstić information content (AvgIpc) is 3.16. The number of rotatable bonds is 8. The molecule has 0 heterocycles. The molecule has 0 fully saturated rings. The molecule has 0 spiro atoms. The molecule has 1 aliphatic carbocycles. The van der Waals surface area contributed by atoms with E-state index < -0.39 is 12.1 Å². The molecule has 1 aliphatic rings. The number of ketones is 1. The number of carbonyl (C=O) groups is 2. The molecule has 5 heteroatoms. The van der Waals surface area contributed by atoms with Crippen molar-refractivity contribution in [2.75, 3.05) is 6.61 Å². The Morgan fingerprint density at radius 3 is 2.00 bits per heavy atom. The molecular weight excluding hydrogens is 438 g/mol. The maximum absolute atomic E-state index is 12.7. The van der Waals surface area contributed by atoms with E-state index in [0.29, 0.717) is 12.8 Å². The normalized spacial score (nSPS) is 13.5. The number of carbonyl (C=O) groups excluding carboxylic acids is 2. The summed E-state index contributed by atoms with van der Waals surface area (Å²) in [5.41, 5.74) is 5.32. The van der Waals surface area contributed by atoms with Crippen molar-refractivity contribution in [2.24, 2.45) is 0 Å². The number of nitrogens with one attached hydrogen (secondary N) is 1. The van der Waals surface area contributed by atoms with Crippen molar-refractivity contribution in [1.82, 2.24) is 5.32 Å². The molecule has 0 radical (unpaired) electrons. The fraction of sp³-hybridized carbons (Fsp3) is 0.333. The summed E-state index contributed by atoms with van der Waals surface area (Å²) in [4.78, 5) is 25.3. The van der Waals surface area contributed by atoms with Crippen LogP contribution in [0.2, 0.25) is 0 Å². The van der Waals surface area contributed by atoms with Gasteiger partial charge in [0.2, 0.25) is 0 Å². The summed E-state index contributed by atoms with van der Waals surface area (Å²) in [6.07, 6.45) is 0.151. The molecule has 3 aromatic rings. The number of alkyl carbamates (subject to hydrolysis) is 1. The van der Waals surface area contributed by atoms with Crippen LogP contribution in [0.4, 0.5) is 4.79 Å². The first-order valence-electron chi connectivity index (χ1n) is 12.2. The topological polar surface area (TPSA) is 64.6 Å². The van der Waals surface area contributed by atoms with Crippen LogP contribution < -0.4 is 10.1 Å². The highest BCUT2D eigenvalue weighted by molar-refractivity contribution is 5.87. The van der Waals surface area contributed by atoms with Gasteiger partial charge in [-0.25, -0.2) is 4.79 Å². The van der Waals surface area contributed by atoms with Gasteiger partial charge in [-0.3, -0.25) is 4.79 Å². The molecule has 0 saturated carbocycles. The van der Waals surface area contributed by atoms with Crippen LogP contribution >= 0.6 is 0 Å². The first-order chi connectivity index (χ1) is 16.7. The largest absolute Gasteiger partial charge is 0.488 e. The van der Waals surface area contributed by atoms with E-state index in [0.717, 1.165) is 22.4 Å². The molecule has 4 rings (SSSR count). The Bertz CT molecular complexity index is 1150. The van der Waals surface area contributed by atoms with E-state index in [1.54, 1.807) is 6.92 Å². The standard InChI is InChI=1S/C30H33NO4/c1-5-28(32)27(18-20-14-16-21(17-15-20)35-30(2,3)4)31-29(33)34-19-26-24-12-8-6-10-22(24)23-11-7-9-13-25(23)26/h6-17,26-27H,5,18-19H2,1-4H3,(H,31,33)/t27-/m0/s1. The van der Waals surface area contributed by atoms with Crippen molar-refractivity contribution in [1.29, 1.82) is 0 Å². The Morgan fingerprint density at radius 2 is 1.46 bits per heavy atom. The van der Waals surface area contributed by atoms with Gasteiger partial charge in [-0.1, -0.05) is 67.6 Å². The fourth-order valence-corrected chi connectivity index (χ4v) is 4.56. The van der Waals surface area contributed by atoms with Crippen molar-refractivity contribution < 1.29 is 19.1 Å². The maximum Gasteiger partial charge on any atom is 0.407 e. The average molecular weight is 472 g/mol. The number of benzene rings is 3. The van der Waals surface area contributed by atoms with E-state index in [1.165, 1.54) is 11.1 Å². The summed E-state index contributed by atoms with van der Waals surface area (Å²) in [7, 11) is 0. The number of amides is 1. The lowest BCUT2D eigenvalue weighted by Gasteiger charge is -2.22. The van der Waals surface area contributed by atoms with Gasteiger partial charge in [0.25, 0.3) is 0 Å². The number of hydrogen-bond donors (Lipinski definition) is 1. The van der Waals surface area contributed by atoms with Gasteiger partial charge in [0, 0.05) is 12.3 Å². The summed E-state index contributed by atoms with van der Waals surface area (Å²) >= 11 is 0. The predicted octanol–water partition coefficient (Wildman–Crippen LogP) is 6.29. The van der Waals surface area contributed by atoms with Crippen LogP contribution in [0.5, 0.6) is 5.75 Å². The third-order valence-corrected chi connectivity index (χ3v) is 6.16. The lowest BCUT2D eigenvalue weighted by molar-refractivity contribution is -0.120. The molecular formula is C30H33NO4. The van der Waals surface area contributed by atoms with Crippen LogP contribution in [0, 0.1) is 0 Å². The SMILES string of the molecule is CCC(=O)[C@H](Cc1ccc(OC(C)(C)C)cc1)NC(=O)OCC1c2ccccc2-c2ccccc21. The van der Waals surface area contributed by atoms with Gasteiger partial charge < -0.3 is 14.8 Å². The fourth-order valence-electron chi connectivity index (χ4n) is 4.56. The summed E-state index contributed by atoms with van der Waals surface area (Å²) < 4.78 is 11.5. The van der Waals surface area contributed by atoms with Gasteiger partial charge in [-0.15, -0.1) is 0 Å². The van der Waals surface area contributed by atoms with E-state index in [1.807, 2.05) is 69.3 Å². The molecule has 3 aromatic carbocycles. The Kier molecular flexibility index (Phi) is 7.25. The smallest absolute Gasteiger partial charge is 0.407 e. The van der Waals surface area contributed by atoms with Crippen LogP contribution in [0.25, 0.3) is 11.1 Å². The summed E-state index contributed by atoms with van der Waals surface area (Å²) in [5.74, 6) is 0.710. The van der Waals surface area contributed by atoms with Gasteiger partial charge >= 0.3 is 6.09 Å². The van der Waals surface area contributed by atoms with E-state index in [4.69, 9.17) is 9.47 Å². The van der Waals surface area contributed by atoms with E-state index in [2.05, 4.69) is 29.6 Å². The zero-order valence-electron chi connectivity index (χ0n) is 20.8. The van der Waals surface area contributed by atoms with Crippen molar-refractivity contribution in [3.05, 3.63) is 89.5 Å². The Labute approximate surface area is 207 Å². The second-order valence-corrected chi connectivity index (χ2v) is 9.90. The van der Waals surface area contributed by atoms with Crippen molar-refractivity contribution in [2.45, 2.75) is 58.1 Å². The third kappa shape index (κ3) is 5.91. The zero-order valence-corrected chi connectivity index (χ0v) is 20.8. The number of ether oxygens (including phenoxy) is 2. The van der Waals surface area contributed by atoms with Gasteiger partial charge in [-0.2, -0.15) is 0 Å². The summed E-state index contributed by atoms with van der Waals surface area (Å²) in [5, 5.41) is 2.80. The number of hydrogen-bond acceptors (Lipinski definition) is 4. The molecule has 1 N–H and O–H groups in total. The minimum atomic E-state index is -0.648. The molecule has 1 atom stereocenters. The summed E-state index contributed by atoms with van der Waals surface area (Å²) in [6.45, 7) is 8.00. The monoisotopic (exact) mass is 471 g/mol. The predicted molar refractivity (Wildman–Crippen MR) is 138 cm³/mol. The van der Waals surface area contributed by atoms with Crippen LogP contribution in [-0.4, -0.2) is 30.1 Å². The maximum atomic E-state index is 12.7. The number of fused-ring (bicyclic) bond motifs is 3. The van der Waals surface area contributed by atoms with Gasteiger partial charge in [0.05, 0.1) is 6.04 Å². The molecule has 35 heavy (non-hydrogen) atoms. The Morgan fingerprint density at radius 1 is 0.886 bits per heavy atom. The lowest BCUT2D eigenvalue weighted by atomic mass is 9.98. The summed E-state index contributed by atoms with van der Waals surface area (Å²) in [6, 6.07) is 23.4. The van der Waals surface area contributed by atoms with E-state index >= 15 is 0 Å². The van der Waals surface area contributed by atoms with E-state index in [-0.39, 0.29) is 23.9 Å². The lowest BCUT2D eigenvalue weighted by Crippen LogP contribution is -2.42. The molecule has 1 amide bonds. The molecule has 0 aliphatic heterocycles. The second kappa shape index (κ2) is 10.3. The molecule has 0 saturated heterocycles. The minimum absolute atomic E-state index is 0.0242. The second-order valence-electron chi connectivity index (χ2n) is 9.90. The van der Waals surface area contributed by atoms with E-state index in [9.17, 15) is 9.59 Å². The van der Waals surface area contributed by atoms with Crippen molar-refractivity contribution >= 4 is 11.9 Å². The third-order valence-electron chi connectivity index (χ3n) is 6.16. The molecule has 0 bridgehead atoms. The molecule has 0 unspecified atom stereocenters. The molecule has 0 aromatic heterocycles. The first-order valence-corrected chi connectivity index (χ1v) is 12.2. The van der Waals surface area contributed by atoms with Gasteiger partial charge in [0.1, 0.15) is 18.0 Å².